The third-order valence-electron chi connectivity index (χ3n) is 3.86. The lowest BCUT2D eigenvalue weighted by molar-refractivity contribution is -0.123. The molecular weight excluding hydrogens is 276 g/mol. The van der Waals surface area contributed by atoms with Crippen LogP contribution >= 0.6 is 0 Å². The van der Waals surface area contributed by atoms with Crippen LogP contribution in [0.25, 0.3) is 10.8 Å². The summed E-state index contributed by atoms with van der Waals surface area (Å²) in [5, 5.41) is 4.90. The van der Waals surface area contributed by atoms with Crippen LogP contribution in [-0.4, -0.2) is 23.4 Å². The first kappa shape index (κ1) is 14.6. The molecule has 1 aliphatic heterocycles. The van der Waals surface area contributed by atoms with E-state index in [9.17, 15) is 9.59 Å². The Hall–Kier alpha value is -2.36. The van der Waals surface area contributed by atoms with Gasteiger partial charge in [0.2, 0.25) is 5.91 Å². The Morgan fingerprint density at radius 2 is 1.77 bits per heavy atom. The zero-order valence-corrected chi connectivity index (χ0v) is 13.3. The Morgan fingerprint density at radius 3 is 2.41 bits per heavy atom. The van der Waals surface area contributed by atoms with Crippen molar-refractivity contribution in [2.45, 2.75) is 39.3 Å². The van der Waals surface area contributed by atoms with E-state index >= 15 is 0 Å². The zero-order valence-electron chi connectivity index (χ0n) is 13.3. The molecular formula is C18H20N2O2. The highest BCUT2D eigenvalue weighted by Crippen LogP contribution is 2.38. The number of rotatable bonds is 2. The van der Waals surface area contributed by atoms with Gasteiger partial charge in [-0.1, -0.05) is 24.3 Å². The van der Waals surface area contributed by atoms with E-state index in [1.807, 2.05) is 57.2 Å². The third-order valence-corrected chi connectivity index (χ3v) is 3.86. The standard InChI is InChI=1S/C18H20N2O2/c1-11(16(21)19-18(2,3)4)20-14-10-6-8-12-7-5-9-13(15(12)14)17(20)22/h5-11H,1-4H3,(H,19,21)/t11-/m1/s1. The summed E-state index contributed by atoms with van der Waals surface area (Å²) in [5.74, 6) is -0.256. The fourth-order valence-electron chi connectivity index (χ4n) is 2.92. The van der Waals surface area contributed by atoms with Gasteiger partial charge in [-0.25, -0.2) is 0 Å². The first-order valence-corrected chi connectivity index (χ1v) is 7.47. The van der Waals surface area contributed by atoms with Gasteiger partial charge in [0.15, 0.2) is 0 Å². The van der Waals surface area contributed by atoms with Crippen LogP contribution < -0.4 is 10.2 Å². The Balaban J connectivity index is 2.02. The third kappa shape index (κ3) is 2.25. The molecule has 0 aromatic heterocycles. The van der Waals surface area contributed by atoms with Gasteiger partial charge >= 0.3 is 0 Å². The van der Waals surface area contributed by atoms with Crippen LogP contribution in [0.2, 0.25) is 0 Å². The summed E-state index contributed by atoms with van der Waals surface area (Å²) in [4.78, 5) is 26.8. The number of carbonyl (C=O) groups is 2. The van der Waals surface area contributed by atoms with E-state index in [4.69, 9.17) is 0 Å². The molecule has 114 valence electrons. The average Bonchev–Trinajstić information content (AvgIpc) is 2.72. The Morgan fingerprint density at radius 1 is 1.14 bits per heavy atom. The minimum absolute atomic E-state index is 0.108. The summed E-state index contributed by atoms with van der Waals surface area (Å²) in [7, 11) is 0. The number of anilines is 1. The molecule has 0 aliphatic carbocycles. The molecule has 0 saturated carbocycles. The monoisotopic (exact) mass is 296 g/mol. The molecule has 0 bridgehead atoms. The van der Waals surface area contributed by atoms with Gasteiger partial charge in [0, 0.05) is 16.5 Å². The van der Waals surface area contributed by atoms with Gasteiger partial charge in [-0.2, -0.15) is 0 Å². The van der Waals surface area contributed by atoms with Crippen LogP contribution in [0.15, 0.2) is 36.4 Å². The van der Waals surface area contributed by atoms with Crippen molar-refractivity contribution < 1.29 is 9.59 Å². The molecule has 0 saturated heterocycles. The molecule has 4 nitrogen and oxygen atoms in total. The summed E-state index contributed by atoms with van der Waals surface area (Å²) in [6.45, 7) is 7.56. The predicted molar refractivity (Wildman–Crippen MR) is 88.1 cm³/mol. The van der Waals surface area contributed by atoms with Crippen LogP contribution in [0.1, 0.15) is 38.1 Å². The molecule has 1 aliphatic rings. The molecule has 1 heterocycles. The van der Waals surface area contributed by atoms with Gasteiger partial charge in [-0.05, 0) is 45.2 Å². The van der Waals surface area contributed by atoms with Crippen LogP contribution in [-0.2, 0) is 4.79 Å². The number of nitrogens with one attached hydrogen (secondary N) is 1. The molecule has 0 spiro atoms. The van der Waals surface area contributed by atoms with E-state index in [-0.39, 0.29) is 17.4 Å². The zero-order chi connectivity index (χ0) is 16.1. The molecule has 1 atom stereocenters. The maximum Gasteiger partial charge on any atom is 0.259 e. The fourth-order valence-corrected chi connectivity index (χ4v) is 2.92. The smallest absolute Gasteiger partial charge is 0.259 e. The van der Waals surface area contributed by atoms with Crippen molar-refractivity contribution in [3.8, 4) is 0 Å². The quantitative estimate of drug-likeness (QED) is 0.925. The van der Waals surface area contributed by atoms with Crippen LogP contribution in [0.4, 0.5) is 5.69 Å². The largest absolute Gasteiger partial charge is 0.350 e. The van der Waals surface area contributed by atoms with Gasteiger partial charge in [0.05, 0.1) is 5.69 Å². The summed E-state index contributed by atoms with van der Waals surface area (Å²) >= 11 is 0. The van der Waals surface area contributed by atoms with Crippen molar-refractivity contribution in [1.82, 2.24) is 5.32 Å². The van der Waals surface area contributed by atoms with Crippen molar-refractivity contribution in [2.24, 2.45) is 0 Å². The van der Waals surface area contributed by atoms with E-state index in [0.29, 0.717) is 5.56 Å². The summed E-state index contributed by atoms with van der Waals surface area (Å²) in [6, 6.07) is 10.9. The highest BCUT2D eigenvalue weighted by Gasteiger charge is 2.36. The van der Waals surface area contributed by atoms with Gasteiger partial charge in [0.1, 0.15) is 6.04 Å². The topological polar surface area (TPSA) is 49.4 Å². The van der Waals surface area contributed by atoms with Gasteiger partial charge < -0.3 is 5.32 Å². The van der Waals surface area contributed by atoms with E-state index < -0.39 is 6.04 Å². The Labute approximate surface area is 130 Å². The Kier molecular flexibility index (Phi) is 3.20. The second-order valence-electron chi connectivity index (χ2n) is 6.77. The lowest BCUT2D eigenvalue weighted by Crippen LogP contribution is -2.52. The maximum absolute atomic E-state index is 12.7. The average molecular weight is 296 g/mol. The number of carbonyl (C=O) groups excluding carboxylic acids is 2. The van der Waals surface area contributed by atoms with Crippen molar-refractivity contribution in [2.75, 3.05) is 4.90 Å². The van der Waals surface area contributed by atoms with Crippen LogP contribution in [0, 0.1) is 0 Å². The second kappa shape index (κ2) is 4.83. The number of amides is 2. The molecule has 0 fully saturated rings. The highest BCUT2D eigenvalue weighted by molar-refractivity contribution is 6.26. The number of hydrogen-bond acceptors (Lipinski definition) is 2. The SMILES string of the molecule is C[C@H](C(=O)NC(C)(C)C)N1C(=O)c2cccc3cccc1c23. The minimum Gasteiger partial charge on any atom is -0.350 e. The van der Waals surface area contributed by atoms with E-state index in [0.717, 1.165) is 16.5 Å². The van der Waals surface area contributed by atoms with Gasteiger partial charge in [-0.3, -0.25) is 14.5 Å². The lowest BCUT2D eigenvalue weighted by atomic mass is 10.1. The molecule has 1 N–H and O–H groups in total. The number of nitrogens with zero attached hydrogens (tertiary/aromatic N) is 1. The summed E-state index contributed by atoms with van der Waals surface area (Å²) in [5.41, 5.74) is 1.16. The highest BCUT2D eigenvalue weighted by atomic mass is 16.2. The molecule has 0 radical (unpaired) electrons. The van der Waals surface area contributed by atoms with Crippen molar-refractivity contribution >= 4 is 28.3 Å². The first-order chi connectivity index (χ1) is 10.3. The van der Waals surface area contributed by atoms with E-state index in [1.54, 1.807) is 11.8 Å². The number of hydrogen-bond donors (Lipinski definition) is 1. The van der Waals surface area contributed by atoms with E-state index in [2.05, 4.69) is 5.32 Å². The summed E-state index contributed by atoms with van der Waals surface area (Å²) < 4.78 is 0. The van der Waals surface area contributed by atoms with Crippen LogP contribution in [0.3, 0.4) is 0 Å². The number of benzene rings is 2. The van der Waals surface area contributed by atoms with E-state index in [1.165, 1.54) is 0 Å². The molecule has 0 unspecified atom stereocenters. The van der Waals surface area contributed by atoms with Crippen molar-refractivity contribution in [3.63, 3.8) is 0 Å². The van der Waals surface area contributed by atoms with Gasteiger partial charge in [-0.15, -0.1) is 0 Å². The Bertz CT molecular complexity index is 769. The predicted octanol–water partition coefficient (Wildman–Crippen LogP) is 3.10. The normalized spacial score (nSPS) is 15.3. The molecule has 3 rings (SSSR count). The second-order valence-corrected chi connectivity index (χ2v) is 6.77. The first-order valence-electron chi connectivity index (χ1n) is 7.47. The van der Waals surface area contributed by atoms with Crippen molar-refractivity contribution in [3.05, 3.63) is 42.0 Å². The van der Waals surface area contributed by atoms with Gasteiger partial charge in [0.25, 0.3) is 5.91 Å². The summed E-state index contributed by atoms with van der Waals surface area (Å²) in [6.07, 6.45) is 0. The lowest BCUT2D eigenvalue weighted by Gasteiger charge is -2.28. The molecule has 22 heavy (non-hydrogen) atoms. The minimum atomic E-state index is -0.551. The molecule has 2 aromatic carbocycles. The molecule has 2 amide bonds. The fraction of sp³-hybridized carbons (Fsp3) is 0.333. The van der Waals surface area contributed by atoms with Crippen LogP contribution in [0.5, 0.6) is 0 Å². The molecule has 4 heteroatoms. The molecule has 2 aromatic rings. The maximum atomic E-state index is 12.7. The van der Waals surface area contributed by atoms with Crippen molar-refractivity contribution in [1.29, 1.82) is 0 Å².